The van der Waals surface area contributed by atoms with Gasteiger partial charge in [-0.15, -0.1) is 0 Å². The number of carbonyl (C=O) groups excluding carboxylic acids is 1. The average molecular weight is 316 g/mol. The van der Waals surface area contributed by atoms with Gasteiger partial charge in [0, 0.05) is 29.2 Å². The van der Waals surface area contributed by atoms with Crippen molar-refractivity contribution in [1.29, 1.82) is 0 Å². The summed E-state index contributed by atoms with van der Waals surface area (Å²) >= 11 is 11.8. The average Bonchev–Trinajstić information content (AvgIpc) is 2.40. The molecule has 0 aliphatic carbocycles. The number of nitrogens with zero attached hydrogens (tertiary/aromatic N) is 1. The fraction of sp³-hybridized carbons (Fsp3) is 0.286. The van der Waals surface area contributed by atoms with Crippen molar-refractivity contribution >= 4 is 41.2 Å². The number of hydrogen-bond acceptors (Lipinski definition) is 2. The quantitative estimate of drug-likeness (QED) is 0.819. The molecule has 20 heavy (non-hydrogen) atoms. The zero-order valence-electron chi connectivity index (χ0n) is 11.0. The van der Waals surface area contributed by atoms with Crippen molar-refractivity contribution < 1.29 is 14.7 Å². The molecule has 0 bridgehead atoms. The van der Waals surface area contributed by atoms with Gasteiger partial charge in [0.05, 0.1) is 6.42 Å². The van der Waals surface area contributed by atoms with Gasteiger partial charge in [-0.05, 0) is 36.8 Å². The number of carboxylic acids is 1. The smallest absolute Gasteiger partial charge is 0.305 e. The summed E-state index contributed by atoms with van der Waals surface area (Å²) < 4.78 is 0. The molecule has 0 fully saturated rings. The van der Waals surface area contributed by atoms with Crippen molar-refractivity contribution in [2.75, 3.05) is 13.1 Å². The monoisotopic (exact) mass is 315 g/mol. The van der Waals surface area contributed by atoms with Crippen LogP contribution < -0.4 is 0 Å². The van der Waals surface area contributed by atoms with Gasteiger partial charge in [0.2, 0.25) is 5.91 Å². The second-order valence-corrected chi connectivity index (χ2v) is 4.90. The Balaban J connectivity index is 2.74. The fourth-order valence-corrected chi connectivity index (χ4v) is 1.92. The van der Waals surface area contributed by atoms with E-state index in [1.54, 1.807) is 31.2 Å². The van der Waals surface area contributed by atoms with E-state index in [0.717, 1.165) is 0 Å². The predicted octanol–water partition coefficient (Wildman–Crippen LogP) is 3.33. The van der Waals surface area contributed by atoms with E-state index in [1.807, 2.05) is 0 Å². The molecule has 0 saturated carbocycles. The lowest BCUT2D eigenvalue weighted by molar-refractivity contribution is -0.137. The molecule has 1 aromatic rings. The number of aliphatic carboxylic acids is 1. The van der Waals surface area contributed by atoms with Crippen LogP contribution in [0.15, 0.2) is 24.3 Å². The first kappa shape index (κ1) is 16.5. The van der Waals surface area contributed by atoms with E-state index in [9.17, 15) is 9.59 Å². The number of likely N-dealkylation sites (N-methyl/N-ethyl adjacent to an activating group) is 1. The Labute approximate surface area is 127 Å². The normalized spacial score (nSPS) is 10.8. The number of carboxylic acid groups (broad SMARTS) is 1. The van der Waals surface area contributed by atoms with E-state index >= 15 is 0 Å². The Bertz CT molecular complexity index is 529. The summed E-state index contributed by atoms with van der Waals surface area (Å²) in [5.74, 6) is -1.19. The number of rotatable bonds is 6. The van der Waals surface area contributed by atoms with Crippen molar-refractivity contribution in [3.05, 3.63) is 39.9 Å². The molecule has 0 spiro atoms. The lowest BCUT2D eigenvalue weighted by Gasteiger charge is -2.17. The van der Waals surface area contributed by atoms with Gasteiger partial charge in [-0.2, -0.15) is 0 Å². The van der Waals surface area contributed by atoms with Gasteiger partial charge in [0.1, 0.15) is 0 Å². The molecule has 0 atom stereocenters. The molecule has 0 heterocycles. The largest absolute Gasteiger partial charge is 0.481 e. The fourth-order valence-electron chi connectivity index (χ4n) is 1.56. The van der Waals surface area contributed by atoms with E-state index in [4.69, 9.17) is 28.3 Å². The van der Waals surface area contributed by atoms with Gasteiger partial charge in [0.25, 0.3) is 0 Å². The molecule has 1 rings (SSSR count). The Morgan fingerprint density at radius 2 is 2.05 bits per heavy atom. The first-order valence-corrected chi connectivity index (χ1v) is 6.83. The van der Waals surface area contributed by atoms with E-state index in [1.165, 1.54) is 11.0 Å². The molecule has 0 saturated heterocycles. The molecule has 6 heteroatoms. The summed E-state index contributed by atoms with van der Waals surface area (Å²) in [5, 5.41) is 9.65. The summed E-state index contributed by atoms with van der Waals surface area (Å²) in [7, 11) is 0. The van der Waals surface area contributed by atoms with Crippen molar-refractivity contribution in [2.45, 2.75) is 13.3 Å². The molecule has 0 radical (unpaired) electrons. The zero-order valence-corrected chi connectivity index (χ0v) is 12.5. The molecule has 0 aliphatic rings. The van der Waals surface area contributed by atoms with Gasteiger partial charge in [-0.3, -0.25) is 9.59 Å². The van der Waals surface area contributed by atoms with Gasteiger partial charge in [-0.1, -0.05) is 23.2 Å². The highest BCUT2D eigenvalue weighted by molar-refractivity contribution is 6.34. The Hall–Kier alpha value is -1.52. The van der Waals surface area contributed by atoms with Gasteiger partial charge >= 0.3 is 5.97 Å². The molecule has 108 valence electrons. The molecule has 0 aliphatic heterocycles. The lowest BCUT2D eigenvalue weighted by Crippen LogP contribution is -2.31. The third-order valence-corrected chi connectivity index (χ3v) is 3.23. The summed E-state index contributed by atoms with van der Waals surface area (Å²) in [6.45, 7) is 2.41. The van der Waals surface area contributed by atoms with Crippen LogP contribution in [0.4, 0.5) is 0 Å². The second kappa shape index (κ2) is 7.92. The van der Waals surface area contributed by atoms with E-state index in [-0.39, 0.29) is 18.9 Å². The highest BCUT2D eigenvalue weighted by Gasteiger charge is 2.10. The van der Waals surface area contributed by atoms with Crippen LogP contribution >= 0.6 is 23.2 Å². The summed E-state index contributed by atoms with van der Waals surface area (Å²) in [6.07, 6.45) is 2.86. The molecular weight excluding hydrogens is 301 g/mol. The first-order chi connectivity index (χ1) is 9.43. The maximum atomic E-state index is 11.9. The molecule has 0 unspecified atom stereocenters. The Morgan fingerprint density at radius 1 is 1.35 bits per heavy atom. The standard InChI is InChI=1S/C14H15Cl2NO3/c1-2-17(8-7-14(19)20)13(18)6-3-10-9-11(15)4-5-12(10)16/h3-6,9H,2,7-8H2,1H3,(H,19,20)/b6-3+. The van der Waals surface area contributed by atoms with Crippen molar-refractivity contribution in [3.63, 3.8) is 0 Å². The van der Waals surface area contributed by atoms with Crippen LogP contribution in [0.2, 0.25) is 10.0 Å². The minimum Gasteiger partial charge on any atom is -0.481 e. The summed E-state index contributed by atoms with van der Waals surface area (Å²) in [6, 6.07) is 4.96. The van der Waals surface area contributed by atoms with Crippen LogP contribution in [0, 0.1) is 0 Å². The first-order valence-electron chi connectivity index (χ1n) is 6.08. The second-order valence-electron chi connectivity index (χ2n) is 4.06. The van der Waals surface area contributed by atoms with E-state index in [2.05, 4.69) is 0 Å². The van der Waals surface area contributed by atoms with E-state index < -0.39 is 5.97 Å². The molecule has 0 aromatic heterocycles. The topological polar surface area (TPSA) is 57.6 Å². The number of hydrogen-bond donors (Lipinski definition) is 1. The van der Waals surface area contributed by atoms with Crippen LogP contribution in [0.5, 0.6) is 0 Å². The Morgan fingerprint density at radius 3 is 2.65 bits per heavy atom. The number of carbonyl (C=O) groups is 2. The molecule has 1 amide bonds. The van der Waals surface area contributed by atoms with Crippen LogP contribution in [0.1, 0.15) is 18.9 Å². The number of halogens is 2. The SMILES string of the molecule is CCN(CCC(=O)O)C(=O)/C=C/c1cc(Cl)ccc1Cl. The van der Waals surface area contributed by atoms with Gasteiger partial charge < -0.3 is 10.0 Å². The molecular formula is C14H15Cl2NO3. The highest BCUT2D eigenvalue weighted by Crippen LogP contribution is 2.21. The van der Waals surface area contributed by atoms with Crippen molar-refractivity contribution in [2.24, 2.45) is 0 Å². The maximum Gasteiger partial charge on any atom is 0.305 e. The van der Waals surface area contributed by atoms with Crippen molar-refractivity contribution in [1.82, 2.24) is 4.90 Å². The highest BCUT2D eigenvalue weighted by atomic mass is 35.5. The summed E-state index contributed by atoms with van der Waals surface area (Å²) in [5.41, 5.74) is 0.641. The van der Waals surface area contributed by atoms with Crippen LogP contribution in [0.3, 0.4) is 0 Å². The van der Waals surface area contributed by atoms with Crippen LogP contribution in [-0.4, -0.2) is 35.0 Å². The zero-order chi connectivity index (χ0) is 15.1. The van der Waals surface area contributed by atoms with Crippen LogP contribution in [-0.2, 0) is 9.59 Å². The lowest BCUT2D eigenvalue weighted by atomic mass is 10.2. The number of amides is 1. The third-order valence-electron chi connectivity index (χ3n) is 2.65. The minimum atomic E-state index is -0.932. The van der Waals surface area contributed by atoms with Crippen LogP contribution in [0.25, 0.3) is 6.08 Å². The Kier molecular flexibility index (Phi) is 6.55. The van der Waals surface area contributed by atoms with E-state index in [0.29, 0.717) is 22.2 Å². The van der Waals surface area contributed by atoms with Gasteiger partial charge in [0.15, 0.2) is 0 Å². The van der Waals surface area contributed by atoms with Crippen molar-refractivity contribution in [3.8, 4) is 0 Å². The molecule has 4 nitrogen and oxygen atoms in total. The van der Waals surface area contributed by atoms with Gasteiger partial charge in [-0.25, -0.2) is 0 Å². The molecule has 1 aromatic carbocycles. The third kappa shape index (κ3) is 5.23. The maximum absolute atomic E-state index is 11.9. The minimum absolute atomic E-state index is 0.0780. The number of benzene rings is 1. The molecule has 1 N–H and O–H groups in total. The predicted molar refractivity (Wildman–Crippen MR) is 80.0 cm³/mol. The summed E-state index contributed by atoms with van der Waals surface area (Å²) in [4.78, 5) is 23.9.